The summed E-state index contributed by atoms with van der Waals surface area (Å²) in [6.45, 7) is 3.80. The van der Waals surface area contributed by atoms with Crippen molar-refractivity contribution in [1.82, 2.24) is 44.1 Å². The van der Waals surface area contributed by atoms with E-state index in [4.69, 9.17) is 0 Å². The first-order valence-corrected chi connectivity index (χ1v) is 12.1. The van der Waals surface area contributed by atoms with Crippen LogP contribution in [0.1, 0.15) is 22.9 Å². The van der Waals surface area contributed by atoms with Crippen molar-refractivity contribution < 1.29 is 18.1 Å². The van der Waals surface area contributed by atoms with Crippen LogP contribution in [0.2, 0.25) is 0 Å². The van der Waals surface area contributed by atoms with Crippen LogP contribution in [0, 0.1) is 24.0 Å². The lowest BCUT2D eigenvalue weighted by Crippen LogP contribution is -2.08. The van der Waals surface area contributed by atoms with Gasteiger partial charge in [0.2, 0.25) is 0 Å². The fourth-order valence-electron chi connectivity index (χ4n) is 4.31. The minimum atomic E-state index is -4.64. The monoisotopic (exact) mass is 542 g/mol. The molecule has 0 N–H and O–H groups in total. The molecule has 6 aromatic rings. The Morgan fingerprint density at radius 2 is 1.92 bits per heavy atom. The van der Waals surface area contributed by atoms with Gasteiger partial charge in [-0.3, -0.25) is 4.68 Å². The Balaban J connectivity index is 1.48. The molecule has 0 radical (unpaired) electrons. The Labute approximate surface area is 214 Å². The molecule has 0 aliphatic heterocycles. The highest BCUT2D eigenvalue weighted by Gasteiger charge is 2.35. The number of pyridine rings is 1. The maximum atomic E-state index is 13.8. The molecule has 6 heterocycles. The van der Waals surface area contributed by atoms with Gasteiger partial charge in [-0.05, 0) is 30.4 Å². The molecule has 6 rings (SSSR count). The number of hydrogen-bond acceptors (Lipinski definition) is 9. The van der Waals surface area contributed by atoms with Crippen molar-refractivity contribution in [2.45, 2.75) is 33.0 Å². The molecule has 0 unspecified atom stereocenters. The molecule has 194 valence electrons. The first kappa shape index (κ1) is 23.9. The molecule has 16 heteroatoms. The van der Waals surface area contributed by atoms with Crippen LogP contribution in [0.5, 0.6) is 0 Å². The number of hydrogen-bond donors (Lipinski definition) is 0. The average Bonchev–Trinajstić information content (AvgIpc) is 3.61. The van der Waals surface area contributed by atoms with Crippen LogP contribution in [0.25, 0.3) is 37.2 Å². The number of nitro groups is 1. The van der Waals surface area contributed by atoms with E-state index in [0.717, 1.165) is 17.4 Å². The van der Waals surface area contributed by atoms with Gasteiger partial charge in [-0.1, -0.05) is 0 Å². The Kier molecular flexibility index (Phi) is 5.20. The number of fused-ring (bicyclic) bond motifs is 5. The van der Waals surface area contributed by atoms with Gasteiger partial charge < -0.3 is 10.1 Å². The van der Waals surface area contributed by atoms with Gasteiger partial charge in [0.25, 0.3) is 0 Å². The van der Waals surface area contributed by atoms with E-state index < -0.39 is 16.8 Å². The van der Waals surface area contributed by atoms with E-state index in [2.05, 4.69) is 30.2 Å². The number of aryl methyl sites for hydroxylation is 4. The standard InChI is InChI=1S/C22H17F3N10O2S/c1-10-6-16(35(36)37)31-33(10)5-4-15-29-20-19-18(26-9-34(20)30-15)17-12(13-8-27-32(3)11(13)2)7-14(22(23,24)25)28-21(17)38-19/h6-9H,4-5H2,1-3H3. The third-order valence-corrected chi connectivity index (χ3v) is 7.40. The molecule has 0 aliphatic rings. The summed E-state index contributed by atoms with van der Waals surface area (Å²) in [5.41, 5.74) is 2.11. The molecule has 0 aromatic carbocycles. The molecule has 0 atom stereocenters. The van der Waals surface area contributed by atoms with Gasteiger partial charge in [0.1, 0.15) is 21.6 Å². The van der Waals surface area contributed by atoms with Crippen LogP contribution in [0.3, 0.4) is 0 Å². The largest absolute Gasteiger partial charge is 0.433 e. The minimum absolute atomic E-state index is 0.178. The summed E-state index contributed by atoms with van der Waals surface area (Å²) in [7, 11) is 1.72. The van der Waals surface area contributed by atoms with Crippen molar-refractivity contribution in [3.05, 3.63) is 57.7 Å². The normalized spacial score (nSPS) is 12.4. The van der Waals surface area contributed by atoms with Crippen LogP contribution in [-0.2, 0) is 26.2 Å². The van der Waals surface area contributed by atoms with Crippen molar-refractivity contribution in [3.8, 4) is 11.1 Å². The number of halogens is 3. The molecular formula is C22H17F3N10O2S. The molecule has 0 fully saturated rings. The first-order valence-electron chi connectivity index (χ1n) is 11.2. The highest BCUT2D eigenvalue weighted by Crippen LogP contribution is 2.42. The summed E-state index contributed by atoms with van der Waals surface area (Å²) in [4.78, 5) is 23.6. The van der Waals surface area contributed by atoms with Gasteiger partial charge in [0.15, 0.2) is 11.5 Å². The van der Waals surface area contributed by atoms with E-state index in [-0.39, 0.29) is 10.6 Å². The molecule has 0 bridgehead atoms. The van der Waals surface area contributed by atoms with E-state index >= 15 is 0 Å². The minimum Gasteiger partial charge on any atom is -0.358 e. The zero-order valence-electron chi connectivity index (χ0n) is 20.1. The lowest BCUT2D eigenvalue weighted by Gasteiger charge is -2.10. The number of rotatable bonds is 5. The fraction of sp³-hybridized carbons (Fsp3) is 0.273. The van der Waals surface area contributed by atoms with Gasteiger partial charge in [-0.2, -0.15) is 23.0 Å². The quantitative estimate of drug-likeness (QED) is 0.233. The number of thiophene rings is 1. The molecule has 0 spiro atoms. The Morgan fingerprint density at radius 3 is 2.58 bits per heavy atom. The lowest BCUT2D eigenvalue weighted by molar-refractivity contribution is -0.389. The molecule has 0 saturated heterocycles. The maximum absolute atomic E-state index is 13.8. The van der Waals surface area contributed by atoms with Gasteiger partial charge in [0.05, 0.1) is 35.1 Å². The number of nitrogens with zero attached hydrogens (tertiary/aromatic N) is 10. The van der Waals surface area contributed by atoms with Crippen molar-refractivity contribution in [2.75, 3.05) is 0 Å². The van der Waals surface area contributed by atoms with Crippen molar-refractivity contribution >= 4 is 43.2 Å². The molecule has 38 heavy (non-hydrogen) atoms. The molecular weight excluding hydrogens is 525 g/mol. The summed E-state index contributed by atoms with van der Waals surface area (Å²) in [5.74, 6) is 0.189. The Morgan fingerprint density at radius 1 is 1.13 bits per heavy atom. The van der Waals surface area contributed by atoms with Crippen molar-refractivity contribution in [2.24, 2.45) is 7.05 Å². The number of alkyl halides is 3. The fourth-order valence-corrected chi connectivity index (χ4v) is 5.44. The Bertz CT molecular complexity index is 1900. The predicted octanol–water partition coefficient (Wildman–Crippen LogP) is 4.27. The van der Waals surface area contributed by atoms with E-state index in [1.807, 2.05) is 0 Å². The summed E-state index contributed by atoms with van der Waals surface area (Å²) in [6.07, 6.45) is -1.32. The van der Waals surface area contributed by atoms with Crippen LogP contribution >= 0.6 is 11.3 Å². The second-order valence-corrected chi connectivity index (χ2v) is 9.69. The summed E-state index contributed by atoms with van der Waals surface area (Å²) < 4.78 is 46.4. The van der Waals surface area contributed by atoms with Crippen LogP contribution in [0.4, 0.5) is 19.0 Å². The third kappa shape index (κ3) is 3.75. The predicted molar refractivity (Wildman–Crippen MR) is 131 cm³/mol. The average molecular weight is 543 g/mol. The van der Waals surface area contributed by atoms with Crippen molar-refractivity contribution in [1.29, 1.82) is 0 Å². The Hall–Kier alpha value is -4.47. The van der Waals surface area contributed by atoms with Gasteiger partial charge in [-0.25, -0.2) is 19.5 Å². The van der Waals surface area contributed by atoms with E-state index in [1.54, 1.807) is 25.6 Å². The summed E-state index contributed by atoms with van der Waals surface area (Å²) in [6, 6.07) is 2.41. The zero-order valence-corrected chi connectivity index (χ0v) is 20.9. The highest BCUT2D eigenvalue weighted by molar-refractivity contribution is 7.26. The molecule has 0 aliphatic carbocycles. The van der Waals surface area contributed by atoms with Gasteiger partial charge in [-0.15, -0.1) is 16.4 Å². The maximum Gasteiger partial charge on any atom is 0.433 e. The molecule has 0 amide bonds. The van der Waals surface area contributed by atoms with E-state index in [9.17, 15) is 23.3 Å². The van der Waals surface area contributed by atoms with Gasteiger partial charge >= 0.3 is 12.0 Å². The van der Waals surface area contributed by atoms with E-state index in [0.29, 0.717) is 62.6 Å². The topological polar surface area (TPSA) is 135 Å². The molecule has 6 aromatic heterocycles. The van der Waals surface area contributed by atoms with Gasteiger partial charge in [0, 0.05) is 30.1 Å². The summed E-state index contributed by atoms with van der Waals surface area (Å²) in [5, 5.41) is 24.1. The zero-order chi connectivity index (χ0) is 26.9. The van der Waals surface area contributed by atoms with Crippen LogP contribution < -0.4 is 0 Å². The first-order chi connectivity index (χ1) is 18.0. The summed E-state index contributed by atoms with van der Waals surface area (Å²) >= 11 is 1.06. The molecule has 0 saturated carbocycles. The second kappa shape index (κ2) is 8.27. The van der Waals surface area contributed by atoms with Crippen LogP contribution in [-0.4, -0.2) is 49.1 Å². The van der Waals surface area contributed by atoms with Crippen LogP contribution in [0.15, 0.2) is 24.7 Å². The highest BCUT2D eigenvalue weighted by atomic mass is 32.1. The van der Waals surface area contributed by atoms with Crippen molar-refractivity contribution in [3.63, 3.8) is 0 Å². The van der Waals surface area contributed by atoms with E-state index in [1.165, 1.54) is 27.8 Å². The number of aromatic nitrogens is 9. The molecule has 12 nitrogen and oxygen atoms in total. The smallest absolute Gasteiger partial charge is 0.358 e. The third-order valence-electron chi connectivity index (χ3n) is 6.33. The SMILES string of the molecule is Cc1c(-c2cc(C(F)(F)F)nc3sc4c(ncn5nc(CCn6nc([N+](=O)[O-])cc6C)nc45)c23)cnn1C. The second-order valence-electron chi connectivity index (χ2n) is 8.69. The lowest BCUT2D eigenvalue weighted by atomic mass is 10.0.